The van der Waals surface area contributed by atoms with Gasteiger partial charge in [0.25, 0.3) is 14.2 Å². The smallest absolute Gasteiger partial charge is 0.296 e. The maximum Gasteiger partial charge on any atom is 0.296 e. The van der Waals surface area contributed by atoms with Gasteiger partial charge in [-0.3, -0.25) is 4.57 Å². The molecule has 1 aromatic carbocycles. The van der Waals surface area contributed by atoms with Gasteiger partial charge in [0.15, 0.2) is 17.3 Å². The Hall–Kier alpha value is -1.80. The van der Waals surface area contributed by atoms with E-state index in [0.717, 1.165) is 0 Å². The number of hydrogen-bond donors (Lipinski definition) is 0. The molecule has 0 saturated heterocycles. The summed E-state index contributed by atoms with van der Waals surface area (Å²) in [4.78, 5) is 0. The molecule has 0 amide bonds. The van der Waals surface area contributed by atoms with E-state index in [-0.39, 0.29) is 5.16 Å². The van der Waals surface area contributed by atoms with Gasteiger partial charge in [0.2, 0.25) is 0 Å². The predicted octanol–water partition coefficient (Wildman–Crippen LogP) is 1.66. The molecule has 0 saturated carbocycles. The normalized spacial score (nSPS) is 14.2. The van der Waals surface area contributed by atoms with Gasteiger partial charge in [0, 0.05) is 22.8 Å². The van der Waals surface area contributed by atoms with E-state index in [2.05, 4.69) is 10.2 Å². The topological polar surface area (TPSA) is 83.3 Å². The molecule has 0 atom stereocenters. The maximum atomic E-state index is 11.5. The molecule has 0 unspecified atom stereocenters. The van der Waals surface area contributed by atoms with E-state index in [1.165, 1.54) is 4.57 Å². The van der Waals surface area contributed by atoms with Crippen LogP contribution in [-0.4, -0.2) is 36.4 Å². The van der Waals surface area contributed by atoms with Crippen molar-refractivity contribution in [3.8, 4) is 22.9 Å². The third-order valence-electron chi connectivity index (χ3n) is 3.05. The lowest BCUT2D eigenvalue weighted by Gasteiger charge is -2.18. The van der Waals surface area contributed by atoms with Crippen LogP contribution in [0.1, 0.15) is 6.92 Å². The quantitative estimate of drug-likeness (QED) is 0.796. The second-order valence-electron chi connectivity index (χ2n) is 4.35. The van der Waals surface area contributed by atoms with Gasteiger partial charge < -0.3 is 9.47 Å². The van der Waals surface area contributed by atoms with Gasteiger partial charge in [-0.05, 0) is 25.1 Å². The molecule has 1 aromatic heterocycles. The summed E-state index contributed by atoms with van der Waals surface area (Å²) in [5.74, 6) is 1.66. The fraction of sp³-hybridized carbons (Fsp3) is 0.333. The van der Waals surface area contributed by atoms with E-state index in [0.29, 0.717) is 42.6 Å². The van der Waals surface area contributed by atoms with Crippen LogP contribution < -0.4 is 9.47 Å². The van der Waals surface area contributed by atoms with Gasteiger partial charge in [-0.25, -0.2) is 8.42 Å². The summed E-state index contributed by atoms with van der Waals surface area (Å²) >= 11 is 0. The Bertz CT molecular complexity index is 788. The van der Waals surface area contributed by atoms with Crippen LogP contribution in [-0.2, 0) is 15.6 Å². The van der Waals surface area contributed by atoms with E-state index in [1.54, 1.807) is 25.1 Å². The van der Waals surface area contributed by atoms with Gasteiger partial charge in [-0.15, -0.1) is 10.2 Å². The van der Waals surface area contributed by atoms with Gasteiger partial charge in [0.1, 0.15) is 13.2 Å². The number of halogens is 1. The lowest BCUT2D eigenvalue weighted by atomic mass is 10.2. The molecule has 0 spiro atoms. The first-order valence-electron chi connectivity index (χ1n) is 6.28. The summed E-state index contributed by atoms with van der Waals surface area (Å²) in [6, 6.07) is 5.27. The van der Waals surface area contributed by atoms with E-state index in [4.69, 9.17) is 20.2 Å². The summed E-state index contributed by atoms with van der Waals surface area (Å²) < 4.78 is 35.4. The maximum absolute atomic E-state index is 11.5. The molecule has 2 heterocycles. The zero-order chi connectivity index (χ0) is 15.0. The highest BCUT2D eigenvalue weighted by Crippen LogP contribution is 2.34. The molecule has 1 aliphatic heterocycles. The van der Waals surface area contributed by atoms with Crippen LogP contribution >= 0.6 is 10.7 Å². The van der Waals surface area contributed by atoms with Crippen LogP contribution in [0.2, 0.25) is 0 Å². The van der Waals surface area contributed by atoms with Crippen molar-refractivity contribution in [2.45, 2.75) is 18.6 Å². The second-order valence-corrected chi connectivity index (χ2v) is 6.81. The first kappa shape index (κ1) is 14.2. The van der Waals surface area contributed by atoms with Crippen LogP contribution in [0.25, 0.3) is 11.4 Å². The Balaban J connectivity index is 2.11. The van der Waals surface area contributed by atoms with Gasteiger partial charge in [-0.1, -0.05) is 0 Å². The largest absolute Gasteiger partial charge is 0.486 e. The molecule has 0 aliphatic carbocycles. The Labute approximate surface area is 125 Å². The number of fused-ring (bicyclic) bond motifs is 1. The van der Waals surface area contributed by atoms with E-state index >= 15 is 0 Å². The Morgan fingerprint density at radius 3 is 2.62 bits per heavy atom. The van der Waals surface area contributed by atoms with Crippen molar-refractivity contribution in [2.75, 3.05) is 13.2 Å². The molecular formula is C12H12ClN3O4S. The lowest BCUT2D eigenvalue weighted by Crippen LogP contribution is -2.15. The molecule has 7 nitrogen and oxygen atoms in total. The van der Waals surface area contributed by atoms with Gasteiger partial charge in [-0.2, -0.15) is 0 Å². The molecule has 9 heteroatoms. The van der Waals surface area contributed by atoms with Crippen molar-refractivity contribution in [1.29, 1.82) is 0 Å². The highest BCUT2D eigenvalue weighted by molar-refractivity contribution is 8.13. The number of benzene rings is 1. The Kier molecular flexibility index (Phi) is 3.50. The van der Waals surface area contributed by atoms with Crippen molar-refractivity contribution < 1.29 is 17.9 Å². The molecule has 1 aliphatic rings. The van der Waals surface area contributed by atoms with E-state index in [1.807, 2.05) is 0 Å². The predicted molar refractivity (Wildman–Crippen MR) is 75.2 cm³/mol. The Morgan fingerprint density at radius 2 is 1.95 bits per heavy atom. The lowest BCUT2D eigenvalue weighted by molar-refractivity contribution is 0.171. The fourth-order valence-electron chi connectivity index (χ4n) is 2.15. The third-order valence-corrected chi connectivity index (χ3v) is 4.20. The second kappa shape index (κ2) is 5.19. The molecular weight excluding hydrogens is 318 g/mol. The first-order valence-corrected chi connectivity index (χ1v) is 8.59. The minimum absolute atomic E-state index is 0.267. The highest BCUT2D eigenvalue weighted by Gasteiger charge is 2.23. The van der Waals surface area contributed by atoms with Crippen molar-refractivity contribution in [3.05, 3.63) is 18.2 Å². The molecule has 0 bridgehead atoms. The van der Waals surface area contributed by atoms with Gasteiger partial charge >= 0.3 is 0 Å². The van der Waals surface area contributed by atoms with E-state index < -0.39 is 9.05 Å². The number of nitrogens with zero attached hydrogens (tertiary/aromatic N) is 3. The third kappa shape index (κ3) is 2.56. The molecule has 0 radical (unpaired) electrons. The zero-order valence-electron chi connectivity index (χ0n) is 11.1. The summed E-state index contributed by atoms with van der Waals surface area (Å²) in [5.41, 5.74) is 0.681. The summed E-state index contributed by atoms with van der Waals surface area (Å²) in [7, 11) is 1.42. The van der Waals surface area contributed by atoms with Crippen LogP contribution in [0.3, 0.4) is 0 Å². The number of hydrogen-bond acceptors (Lipinski definition) is 6. The summed E-state index contributed by atoms with van der Waals surface area (Å²) in [6.07, 6.45) is 0. The summed E-state index contributed by atoms with van der Waals surface area (Å²) in [5, 5.41) is 7.33. The minimum Gasteiger partial charge on any atom is -0.486 e. The first-order chi connectivity index (χ1) is 10.0. The van der Waals surface area contributed by atoms with Crippen LogP contribution in [0.15, 0.2) is 23.4 Å². The summed E-state index contributed by atoms with van der Waals surface area (Å²) in [6.45, 7) is 3.14. The average molecular weight is 330 g/mol. The van der Waals surface area contributed by atoms with E-state index in [9.17, 15) is 8.42 Å². The number of ether oxygens (including phenoxy) is 2. The molecule has 3 rings (SSSR count). The molecule has 21 heavy (non-hydrogen) atoms. The number of aromatic nitrogens is 3. The molecule has 2 aromatic rings. The number of rotatable bonds is 3. The molecule has 0 N–H and O–H groups in total. The average Bonchev–Trinajstić information content (AvgIpc) is 2.90. The van der Waals surface area contributed by atoms with Crippen molar-refractivity contribution in [3.63, 3.8) is 0 Å². The zero-order valence-corrected chi connectivity index (χ0v) is 12.7. The standard InChI is InChI=1S/C12H12ClN3O4S/c1-2-16-11(14-15-12(16)21(13,17)18)8-3-4-9-10(7-8)20-6-5-19-9/h3-4,7H,2,5-6H2,1H3. The van der Waals surface area contributed by atoms with Crippen LogP contribution in [0.5, 0.6) is 11.5 Å². The molecule has 0 fully saturated rings. The minimum atomic E-state index is -3.94. The van der Waals surface area contributed by atoms with Crippen molar-refractivity contribution in [2.24, 2.45) is 0 Å². The van der Waals surface area contributed by atoms with Crippen LogP contribution in [0.4, 0.5) is 0 Å². The van der Waals surface area contributed by atoms with Crippen molar-refractivity contribution >= 4 is 19.7 Å². The fourth-order valence-corrected chi connectivity index (χ4v) is 3.11. The van der Waals surface area contributed by atoms with Crippen molar-refractivity contribution in [1.82, 2.24) is 14.8 Å². The van der Waals surface area contributed by atoms with Gasteiger partial charge in [0.05, 0.1) is 0 Å². The van der Waals surface area contributed by atoms with Crippen LogP contribution in [0, 0.1) is 0 Å². The highest BCUT2D eigenvalue weighted by atomic mass is 35.7. The SMILES string of the molecule is CCn1c(-c2ccc3c(c2)OCCO3)nnc1S(=O)(=O)Cl. The molecule has 112 valence electrons. The Morgan fingerprint density at radius 1 is 1.24 bits per heavy atom. The monoisotopic (exact) mass is 329 g/mol.